The molecule has 2 bridgehead atoms. The number of esters is 2. The summed E-state index contributed by atoms with van der Waals surface area (Å²) in [5, 5.41) is 34.4. The monoisotopic (exact) mass is 530 g/mol. The van der Waals surface area contributed by atoms with E-state index in [1.807, 2.05) is 6.92 Å². The molecule has 3 N–H and O–H groups in total. The van der Waals surface area contributed by atoms with Crippen LogP contribution in [0.3, 0.4) is 0 Å². The minimum atomic E-state index is -2.17. The van der Waals surface area contributed by atoms with Crippen LogP contribution in [0.2, 0.25) is 0 Å². The predicted octanol–water partition coefficient (Wildman–Crippen LogP) is 2.13. The van der Waals surface area contributed by atoms with Crippen LogP contribution in [0.15, 0.2) is 35.5 Å². The zero-order valence-corrected chi connectivity index (χ0v) is 22.4. The first-order valence-corrected chi connectivity index (χ1v) is 13.5. The number of rotatable bonds is 6. The Bertz CT molecular complexity index is 1140. The van der Waals surface area contributed by atoms with E-state index in [0.29, 0.717) is 5.57 Å². The Balaban J connectivity index is 1.57. The van der Waals surface area contributed by atoms with Gasteiger partial charge in [0, 0.05) is 23.3 Å². The molecule has 0 aromatic carbocycles. The maximum atomic E-state index is 13.4. The van der Waals surface area contributed by atoms with Gasteiger partial charge < -0.3 is 29.5 Å². The van der Waals surface area contributed by atoms with Crippen LogP contribution in [0.25, 0.3) is 0 Å². The number of ketones is 1. The standard InChI is InChI=1S/C29H38O9/c1-6-7-8-9-14(2)10-20(31)38-22-21-16(4)23(32)29(35)26-27(5)17(15(3)11-18(30)24(27)33)12-19(37-25(22)34)28(21,26)13-36-29/h10-11,17,19,21-24,26,32-33,35H,4,6-9,12-13H2,1-3,5H3/b14-10+/t17-,19+,21+,22+,23+,24+,26+,27+,28-,29+/m0/s1. The minimum absolute atomic E-state index is 0.107. The van der Waals surface area contributed by atoms with Gasteiger partial charge in [-0.15, -0.1) is 0 Å². The number of ether oxygens (including phenoxy) is 3. The molecule has 10 atom stereocenters. The summed E-state index contributed by atoms with van der Waals surface area (Å²) >= 11 is 0. The second-order valence-electron chi connectivity index (χ2n) is 12.1. The highest BCUT2D eigenvalue weighted by Crippen LogP contribution is 2.73. The van der Waals surface area contributed by atoms with Crippen molar-refractivity contribution >= 4 is 17.7 Å². The van der Waals surface area contributed by atoms with Crippen molar-refractivity contribution in [3.8, 4) is 0 Å². The van der Waals surface area contributed by atoms with E-state index < -0.39 is 76.5 Å². The van der Waals surface area contributed by atoms with Crippen molar-refractivity contribution in [3.05, 3.63) is 35.5 Å². The van der Waals surface area contributed by atoms with Crippen molar-refractivity contribution in [2.45, 2.75) is 90.0 Å². The number of aliphatic hydroxyl groups excluding tert-OH is 2. The highest BCUT2D eigenvalue weighted by Gasteiger charge is 2.83. The minimum Gasteiger partial charge on any atom is -0.459 e. The summed E-state index contributed by atoms with van der Waals surface area (Å²) in [7, 11) is 0. The van der Waals surface area contributed by atoms with E-state index in [0.717, 1.165) is 31.3 Å². The SMILES string of the molecule is C=C1[C@@H](O)[C@@]2(O)OC[C@@]34[C@H]1[C@@H](OC(=O)/C=C(\C)CCCCC)C(=O)O[C@@H]3C[C@H]1C(C)=CC(=O)[C@@H](O)[C@]1(C)[C@@H]24. The zero-order valence-electron chi connectivity index (χ0n) is 22.4. The Labute approximate surface area is 222 Å². The molecule has 0 aromatic heterocycles. The van der Waals surface area contributed by atoms with Crippen molar-refractivity contribution in [2.24, 2.45) is 28.6 Å². The molecule has 38 heavy (non-hydrogen) atoms. The van der Waals surface area contributed by atoms with Crippen LogP contribution in [-0.2, 0) is 28.6 Å². The summed E-state index contributed by atoms with van der Waals surface area (Å²) < 4.78 is 17.6. The fraction of sp³-hybridized carbons (Fsp3) is 0.690. The van der Waals surface area contributed by atoms with Gasteiger partial charge in [0.2, 0.25) is 6.10 Å². The average molecular weight is 531 g/mol. The maximum absolute atomic E-state index is 13.4. The maximum Gasteiger partial charge on any atom is 0.348 e. The third kappa shape index (κ3) is 3.48. The number of aliphatic hydroxyl groups is 3. The summed E-state index contributed by atoms with van der Waals surface area (Å²) in [6, 6.07) is 0. The molecular formula is C29H38O9. The fourth-order valence-corrected chi connectivity index (χ4v) is 8.39. The highest BCUT2D eigenvalue weighted by molar-refractivity contribution is 5.96. The van der Waals surface area contributed by atoms with Crippen LogP contribution < -0.4 is 0 Å². The number of unbranched alkanes of at least 4 members (excludes halogenated alkanes) is 2. The average Bonchev–Trinajstić information content (AvgIpc) is 3.14. The molecular weight excluding hydrogens is 492 g/mol. The van der Waals surface area contributed by atoms with Crippen LogP contribution in [0, 0.1) is 28.6 Å². The van der Waals surface area contributed by atoms with Gasteiger partial charge in [0.15, 0.2) is 11.6 Å². The molecule has 4 fully saturated rings. The van der Waals surface area contributed by atoms with Gasteiger partial charge in [-0.3, -0.25) is 4.79 Å². The highest BCUT2D eigenvalue weighted by atomic mass is 16.7. The zero-order chi connectivity index (χ0) is 27.8. The Morgan fingerprint density at radius 1 is 1.26 bits per heavy atom. The number of carbonyl (C=O) groups is 3. The molecule has 5 rings (SSSR count). The van der Waals surface area contributed by atoms with Crippen LogP contribution in [-0.4, -0.2) is 69.9 Å². The number of fused-ring (bicyclic) bond motifs is 1. The summed E-state index contributed by atoms with van der Waals surface area (Å²) in [6.07, 6.45) is 1.45. The lowest BCUT2D eigenvalue weighted by atomic mass is 9.38. The van der Waals surface area contributed by atoms with Crippen molar-refractivity contribution in [1.82, 2.24) is 0 Å². The van der Waals surface area contributed by atoms with E-state index >= 15 is 0 Å². The normalized spacial score (nSPS) is 45.7. The van der Waals surface area contributed by atoms with Crippen molar-refractivity contribution in [2.75, 3.05) is 6.61 Å². The molecule has 0 radical (unpaired) electrons. The second kappa shape index (κ2) is 9.11. The number of allylic oxidation sites excluding steroid dienone is 2. The molecule has 5 aliphatic rings. The summed E-state index contributed by atoms with van der Waals surface area (Å²) in [4.78, 5) is 39.1. The van der Waals surface area contributed by atoms with Gasteiger partial charge in [-0.2, -0.15) is 0 Å². The molecule has 9 heteroatoms. The van der Waals surface area contributed by atoms with Gasteiger partial charge in [0.1, 0.15) is 18.3 Å². The van der Waals surface area contributed by atoms with Crippen molar-refractivity contribution < 1.29 is 43.9 Å². The molecule has 3 aliphatic carbocycles. The summed E-state index contributed by atoms with van der Waals surface area (Å²) in [5.74, 6) is -6.51. The third-order valence-corrected chi connectivity index (χ3v) is 10.0. The van der Waals surface area contributed by atoms with Gasteiger partial charge in [-0.25, -0.2) is 9.59 Å². The van der Waals surface area contributed by atoms with Crippen LogP contribution in [0.1, 0.15) is 59.8 Å². The van der Waals surface area contributed by atoms with Gasteiger partial charge in [0.25, 0.3) is 0 Å². The van der Waals surface area contributed by atoms with Gasteiger partial charge >= 0.3 is 11.9 Å². The summed E-state index contributed by atoms with van der Waals surface area (Å²) in [5.41, 5.74) is -0.791. The van der Waals surface area contributed by atoms with E-state index in [4.69, 9.17) is 14.2 Å². The predicted molar refractivity (Wildman–Crippen MR) is 134 cm³/mol. The van der Waals surface area contributed by atoms with E-state index in [1.54, 1.807) is 13.8 Å². The van der Waals surface area contributed by atoms with Crippen LogP contribution in [0.5, 0.6) is 0 Å². The molecule has 2 saturated heterocycles. The number of carbonyl (C=O) groups excluding carboxylic acids is 3. The number of hydrogen-bond donors (Lipinski definition) is 3. The molecule has 1 spiro atoms. The third-order valence-electron chi connectivity index (χ3n) is 10.0. The van der Waals surface area contributed by atoms with Gasteiger partial charge in [-0.05, 0) is 50.7 Å². The lowest BCUT2D eigenvalue weighted by Crippen LogP contribution is -2.76. The molecule has 2 heterocycles. The van der Waals surface area contributed by atoms with E-state index in [1.165, 1.54) is 12.2 Å². The molecule has 208 valence electrons. The summed E-state index contributed by atoms with van der Waals surface area (Å²) in [6.45, 7) is 11.3. The van der Waals surface area contributed by atoms with Gasteiger partial charge in [0.05, 0.1) is 12.0 Å². The molecule has 0 unspecified atom stereocenters. The lowest BCUT2D eigenvalue weighted by Gasteiger charge is -2.67. The molecule has 2 saturated carbocycles. The van der Waals surface area contributed by atoms with Crippen LogP contribution in [0.4, 0.5) is 0 Å². The van der Waals surface area contributed by atoms with Gasteiger partial charge in [-0.1, -0.05) is 44.4 Å². The molecule has 9 nitrogen and oxygen atoms in total. The van der Waals surface area contributed by atoms with E-state index in [2.05, 4.69) is 13.5 Å². The first-order chi connectivity index (χ1) is 17.8. The largest absolute Gasteiger partial charge is 0.459 e. The lowest BCUT2D eigenvalue weighted by molar-refractivity contribution is -0.311. The Morgan fingerprint density at radius 3 is 2.66 bits per heavy atom. The number of hydrogen-bond acceptors (Lipinski definition) is 9. The Morgan fingerprint density at radius 2 is 1.97 bits per heavy atom. The quantitative estimate of drug-likeness (QED) is 0.204. The van der Waals surface area contributed by atoms with E-state index in [9.17, 15) is 29.7 Å². The van der Waals surface area contributed by atoms with E-state index in [-0.39, 0.29) is 18.6 Å². The first kappa shape index (κ1) is 27.2. The molecule has 0 aromatic rings. The second-order valence-corrected chi connectivity index (χ2v) is 12.1. The molecule has 2 aliphatic heterocycles. The van der Waals surface area contributed by atoms with Crippen molar-refractivity contribution in [3.63, 3.8) is 0 Å². The topological polar surface area (TPSA) is 140 Å². The first-order valence-electron chi connectivity index (χ1n) is 13.5. The smallest absolute Gasteiger partial charge is 0.348 e. The Hall–Kier alpha value is -2.33. The molecule has 0 amide bonds. The van der Waals surface area contributed by atoms with Crippen molar-refractivity contribution in [1.29, 1.82) is 0 Å². The fourth-order valence-electron chi connectivity index (χ4n) is 8.39. The Kier molecular flexibility index (Phi) is 6.53. The van der Waals surface area contributed by atoms with Crippen LogP contribution >= 0.6 is 0 Å².